The second kappa shape index (κ2) is 16.6. The topological polar surface area (TPSA) is 20.2 Å². The summed E-state index contributed by atoms with van der Waals surface area (Å²) in [5.74, 6) is 0. The van der Waals surface area contributed by atoms with E-state index in [1.165, 1.54) is 32.1 Å². The standard InChI is InChI=1S/C8H18O.C4H4S.Fe/c1-2-3-4-5-6-7-8-9;1-2-4-5-3-1;/h9H,2-8H2,1H3;1-4H;. The molecular formula is C12H22FeOS. The van der Waals surface area contributed by atoms with E-state index >= 15 is 0 Å². The van der Waals surface area contributed by atoms with Crippen molar-refractivity contribution < 1.29 is 22.2 Å². The zero-order chi connectivity index (χ0) is 10.5. The first-order valence-corrected chi connectivity index (χ1v) is 6.44. The van der Waals surface area contributed by atoms with Crippen LogP contribution in [0.4, 0.5) is 0 Å². The number of hydrogen-bond donors (Lipinski definition) is 1. The Kier molecular flexibility index (Phi) is 19.4. The van der Waals surface area contributed by atoms with E-state index in [1.807, 2.05) is 22.9 Å². The first-order chi connectivity index (χ1) is 6.91. The van der Waals surface area contributed by atoms with Crippen molar-refractivity contribution in [2.24, 2.45) is 0 Å². The fourth-order valence-electron chi connectivity index (χ4n) is 1.12. The maximum atomic E-state index is 8.42. The van der Waals surface area contributed by atoms with Crippen LogP contribution in [0, 0.1) is 0 Å². The summed E-state index contributed by atoms with van der Waals surface area (Å²) in [5, 5.41) is 12.5. The van der Waals surface area contributed by atoms with Crippen LogP contribution >= 0.6 is 11.3 Å². The van der Waals surface area contributed by atoms with E-state index in [0.29, 0.717) is 6.61 Å². The van der Waals surface area contributed by atoms with Gasteiger partial charge in [0.05, 0.1) is 0 Å². The molecular weight excluding hydrogens is 248 g/mol. The van der Waals surface area contributed by atoms with Crippen LogP contribution in [0.15, 0.2) is 22.9 Å². The van der Waals surface area contributed by atoms with Gasteiger partial charge in [-0.05, 0) is 17.2 Å². The van der Waals surface area contributed by atoms with Gasteiger partial charge in [0.2, 0.25) is 0 Å². The molecule has 0 aromatic carbocycles. The van der Waals surface area contributed by atoms with Crippen LogP contribution in [-0.4, -0.2) is 11.7 Å². The van der Waals surface area contributed by atoms with Crippen LogP contribution in [0.5, 0.6) is 0 Å². The van der Waals surface area contributed by atoms with Crippen LogP contribution in [0.3, 0.4) is 0 Å². The number of unbranched alkanes of at least 4 members (excludes halogenated alkanes) is 5. The van der Waals surface area contributed by atoms with Gasteiger partial charge in [0, 0.05) is 23.7 Å². The Bertz CT molecular complexity index is 143. The van der Waals surface area contributed by atoms with Gasteiger partial charge < -0.3 is 5.11 Å². The molecule has 1 aromatic heterocycles. The van der Waals surface area contributed by atoms with Crippen molar-refractivity contribution in [2.45, 2.75) is 45.4 Å². The molecule has 0 aliphatic carbocycles. The Morgan fingerprint density at radius 2 is 1.47 bits per heavy atom. The average molecular weight is 270 g/mol. The van der Waals surface area contributed by atoms with Gasteiger partial charge in [-0.3, -0.25) is 0 Å². The van der Waals surface area contributed by atoms with Gasteiger partial charge in [-0.1, -0.05) is 51.2 Å². The van der Waals surface area contributed by atoms with Crippen LogP contribution in [-0.2, 0) is 17.1 Å². The molecule has 0 unspecified atom stereocenters. The van der Waals surface area contributed by atoms with E-state index < -0.39 is 0 Å². The smallest absolute Gasteiger partial charge is 0.0431 e. The summed E-state index contributed by atoms with van der Waals surface area (Å²) in [6, 6.07) is 4.04. The fraction of sp³-hybridized carbons (Fsp3) is 0.667. The van der Waals surface area contributed by atoms with Gasteiger partial charge in [-0.25, -0.2) is 0 Å². The number of thiophene rings is 1. The molecule has 0 amide bonds. The zero-order valence-electron chi connectivity index (χ0n) is 9.47. The maximum absolute atomic E-state index is 8.42. The van der Waals surface area contributed by atoms with Gasteiger partial charge in [0.1, 0.15) is 0 Å². The number of aliphatic hydroxyl groups excluding tert-OH is 1. The summed E-state index contributed by atoms with van der Waals surface area (Å²) in [5.41, 5.74) is 0. The van der Waals surface area contributed by atoms with E-state index in [9.17, 15) is 0 Å². The number of aliphatic hydroxyl groups is 1. The minimum Gasteiger partial charge on any atom is -0.396 e. The van der Waals surface area contributed by atoms with Crippen LogP contribution in [0.2, 0.25) is 0 Å². The average Bonchev–Trinajstić information content (AvgIpc) is 2.76. The molecule has 0 saturated carbocycles. The molecule has 0 bridgehead atoms. The molecule has 15 heavy (non-hydrogen) atoms. The van der Waals surface area contributed by atoms with E-state index in [4.69, 9.17) is 5.11 Å². The molecule has 0 aliphatic rings. The first kappa shape index (κ1) is 17.6. The molecule has 0 aliphatic heterocycles. The molecule has 1 nitrogen and oxygen atoms in total. The second-order valence-corrected chi connectivity index (χ2v) is 4.10. The largest absolute Gasteiger partial charge is 0.396 e. The Labute approximate surface area is 108 Å². The fourth-order valence-corrected chi connectivity index (χ4v) is 1.57. The predicted octanol–water partition coefficient (Wildman–Crippen LogP) is 4.08. The van der Waals surface area contributed by atoms with Crippen molar-refractivity contribution in [3.63, 3.8) is 0 Å². The van der Waals surface area contributed by atoms with E-state index in [-0.39, 0.29) is 17.1 Å². The Morgan fingerprint density at radius 1 is 0.933 bits per heavy atom. The molecule has 0 radical (unpaired) electrons. The second-order valence-electron chi connectivity index (χ2n) is 3.28. The van der Waals surface area contributed by atoms with Gasteiger partial charge in [0.15, 0.2) is 0 Å². The van der Waals surface area contributed by atoms with Gasteiger partial charge >= 0.3 is 0 Å². The maximum Gasteiger partial charge on any atom is 0.0431 e. The molecule has 0 fully saturated rings. The van der Waals surface area contributed by atoms with E-state index in [1.54, 1.807) is 11.3 Å². The molecule has 1 aromatic rings. The van der Waals surface area contributed by atoms with Crippen molar-refractivity contribution >= 4 is 11.3 Å². The third-order valence-electron chi connectivity index (χ3n) is 1.94. The van der Waals surface area contributed by atoms with E-state index in [0.717, 1.165) is 6.42 Å². The molecule has 0 spiro atoms. The van der Waals surface area contributed by atoms with Crippen molar-refractivity contribution in [3.8, 4) is 0 Å². The van der Waals surface area contributed by atoms with Gasteiger partial charge in [-0.2, -0.15) is 11.3 Å². The summed E-state index contributed by atoms with van der Waals surface area (Å²) < 4.78 is 0. The predicted molar refractivity (Wildman–Crippen MR) is 64.8 cm³/mol. The molecule has 90 valence electrons. The van der Waals surface area contributed by atoms with Crippen LogP contribution < -0.4 is 0 Å². The zero-order valence-corrected chi connectivity index (χ0v) is 11.4. The molecule has 1 heterocycles. The van der Waals surface area contributed by atoms with Crippen molar-refractivity contribution in [1.82, 2.24) is 0 Å². The molecule has 0 atom stereocenters. The third-order valence-corrected chi connectivity index (χ3v) is 2.57. The van der Waals surface area contributed by atoms with Crippen LogP contribution in [0.1, 0.15) is 45.4 Å². The Balaban J connectivity index is 0. The van der Waals surface area contributed by atoms with Gasteiger partial charge in [-0.15, -0.1) is 0 Å². The normalized spacial score (nSPS) is 8.67. The van der Waals surface area contributed by atoms with E-state index in [2.05, 4.69) is 6.92 Å². The van der Waals surface area contributed by atoms with Crippen molar-refractivity contribution in [3.05, 3.63) is 22.9 Å². The monoisotopic (exact) mass is 270 g/mol. The number of rotatable bonds is 6. The minimum absolute atomic E-state index is 0. The SMILES string of the molecule is CCCCCCCCO.[Fe].c1ccsc1. The van der Waals surface area contributed by atoms with Crippen LogP contribution in [0.25, 0.3) is 0 Å². The number of hydrogen-bond acceptors (Lipinski definition) is 2. The first-order valence-electron chi connectivity index (χ1n) is 5.49. The summed E-state index contributed by atoms with van der Waals surface area (Å²) in [7, 11) is 0. The quantitative estimate of drug-likeness (QED) is 0.610. The minimum atomic E-state index is 0. The molecule has 1 rings (SSSR count). The van der Waals surface area contributed by atoms with Gasteiger partial charge in [0.25, 0.3) is 0 Å². The molecule has 3 heteroatoms. The molecule has 0 saturated heterocycles. The summed E-state index contributed by atoms with van der Waals surface area (Å²) in [6.45, 7) is 2.58. The van der Waals surface area contributed by atoms with Crippen molar-refractivity contribution in [1.29, 1.82) is 0 Å². The third kappa shape index (κ3) is 16.8. The summed E-state index contributed by atoms with van der Waals surface area (Å²) >= 11 is 1.71. The van der Waals surface area contributed by atoms with Crippen molar-refractivity contribution in [2.75, 3.05) is 6.61 Å². The summed E-state index contributed by atoms with van der Waals surface area (Å²) in [4.78, 5) is 0. The Morgan fingerprint density at radius 3 is 1.87 bits per heavy atom. The summed E-state index contributed by atoms with van der Waals surface area (Å²) in [6.07, 6.45) is 7.50. The Hall–Kier alpha value is 0.179. The molecule has 1 N–H and O–H groups in total.